The normalized spacial score (nSPS) is 10.6. The van der Waals surface area contributed by atoms with Crippen LogP contribution in [0.4, 0.5) is 11.5 Å². The van der Waals surface area contributed by atoms with Crippen molar-refractivity contribution in [2.75, 3.05) is 5.73 Å². The van der Waals surface area contributed by atoms with Gasteiger partial charge in [0.1, 0.15) is 5.82 Å². The second-order valence-electron chi connectivity index (χ2n) is 4.31. The maximum Gasteiger partial charge on any atom is 0.275 e. The Labute approximate surface area is 114 Å². The third-order valence-electron chi connectivity index (χ3n) is 2.93. The van der Waals surface area contributed by atoms with E-state index >= 15 is 0 Å². The number of anilines is 1. The molecule has 2 heterocycles. The molecular weight excluding hydrogens is 256 g/mol. The topological polar surface area (TPSA) is 94.9 Å². The molecule has 98 valence electrons. The van der Waals surface area contributed by atoms with Crippen LogP contribution < -0.4 is 5.73 Å². The summed E-state index contributed by atoms with van der Waals surface area (Å²) in [7, 11) is 0. The zero-order valence-corrected chi connectivity index (χ0v) is 10.4. The van der Waals surface area contributed by atoms with Gasteiger partial charge in [-0.3, -0.25) is 15.1 Å². The van der Waals surface area contributed by atoms with Crippen molar-refractivity contribution in [2.45, 2.75) is 0 Å². The quantitative estimate of drug-likeness (QED) is 0.568. The number of hydrogen-bond acceptors (Lipinski definition) is 5. The smallest absolute Gasteiger partial charge is 0.275 e. The highest BCUT2D eigenvalue weighted by Gasteiger charge is 2.11. The van der Waals surface area contributed by atoms with Crippen molar-refractivity contribution >= 4 is 22.4 Å². The molecule has 0 spiro atoms. The van der Waals surface area contributed by atoms with E-state index in [9.17, 15) is 10.1 Å². The number of fused-ring (bicyclic) bond motifs is 1. The van der Waals surface area contributed by atoms with Crippen LogP contribution in [0.3, 0.4) is 0 Å². The SMILES string of the molecule is Nc1cc([N+](=O)[O-])cc(-c2cnc3ccccc3c2)n1. The lowest BCUT2D eigenvalue weighted by Gasteiger charge is -2.04. The second kappa shape index (κ2) is 4.58. The van der Waals surface area contributed by atoms with Crippen molar-refractivity contribution in [3.63, 3.8) is 0 Å². The van der Waals surface area contributed by atoms with E-state index in [0.29, 0.717) is 11.3 Å². The zero-order chi connectivity index (χ0) is 14.1. The van der Waals surface area contributed by atoms with Gasteiger partial charge in [0, 0.05) is 23.2 Å². The van der Waals surface area contributed by atoms with Crippen LogP contribution in [0.2, 0.25) is 0 Å². The largest absolute Gasteiger partial charge is 0.383 e. The van der Waals surface area contributed by atoms with Gasteiger partial charge >= 0.3 is 0 Å². The van der Waals surface area contributed by atoms with Crippen molar-refractivity contribution < 1.29 is 4.92 Å². The number of rotatable bonds is 2. The summed E-state index contributed by atoms with van der Waals surface area (Å²) in [5, 5.41) is 11.8. The second-order valence-corrected chi connectivity index (χ2v) is 4.31. The number of nitrogen functional groups attached to an aromatic ring is 1. The van der Waals surface area contributed by atoms with E-state index in [4.69, 9.17) is 5.73 Å². The van der Waals surface area contributed by atoms with E-state index in [1.165, 1.54) is 12.1 Å². The summed E-state index contributed by atoms with van der Waals surface area (Å²) in [6.07, 6.45) is 1.63. The number of pyridine rings is 2. The summed E-state index contributed by atoms with van der Waals surface area (Å²) in [6.45, 7) is 0. The average Bonchev–Trinajstić information content (AvgIpc) is 2.46. The molecule has 0 bridgehead atoms. The third-order valence-corrected chi connectivity index (χ3v) is 2.93. The molecule has 0 saturated carbocycles. The van der Waals surface area contributed by atoms with Gasteiger partial charge in [0.2, 0.25) is 0 Å². The Hall–Kier alpha value is -3.02. The Kier molecular flexibility index (Phi) is 2.76. The summed E-state index contributed by atoms with van der Waals surface area (Å²) in [4.78, 5) is 18.8. The van der Waals surface area contributed by atoms with Gasteiger partial charge in [-0.15, -0.1) is 0 Å². The van der Waals surface area contributed by atoms with Crippen molar-refractivity contribution in [3.05, 3.63) is 58.8 Å². The Morgan fingerprint density at radius 2 is 1.95 bits per heavy atom. The van der Waals surface area contributed by atoms with Crippen LogP contribution in [-0.4, -0.2) is 14.9 Å². The molecule has 0 unspecified atom stereocenters. The highest BCUT2D eigenvalue weighted by atomic mass is 16.6. The molecule has 0 aliphatic carbocycles. The Morgan fingerprint density at radius 1 is 1.15 bits per heavy atom. The molecule has 1 aromatic carbocycles. The van der Waals surface area contributed by atoms with Crippen molar-refractivity contribution in [2.24, 2.45) is 0 Å². The highest BCUT2D eigenvalue weighted by molar-refractivity contribution is 5.83. The molecular formula is C14H10N4O2. The molecule has 0 aliphatic rings. The van der Waals surface area contributed by atoms with Crippen LogP contribution >= 0.6 is 0 Å². The van der Waals surface area contributed by atoms with E-state index in [2.05, 4.69) is 9.97 Å². The van der Waals surface area contributed by atoms with Gasteiger partial charge in [-0.25, -0.2) is 4.98 Å². The van der Waals surface area contributed by atoms with Crippen molar-refractivity contribution in [3.8, 4) is 11.3 Å². The van der Waals surface area contributed by atoms with Gasteiger partial charge in [0.05, 0.1) is 22.2 Å². The van der Waals surface area contributed by atoms with Crippen LogP contribution in [0.15, 0.2) is 48.7 Å². The van der Waals surface area contributed by atoms with Gasteiger partial charge in [0.15, 0.2) is 0 Å². The molecule has 6 nitrogen and oxygen atoms in total. The summed E-state index contributed by atoms with van der Waals surface area (Å²) in [5.41, 5.74) is 7.52. The van der Waals surface area contributed by atoms with Crippen molar-refractivity contribution in [1.29, 1.82) is 0 Å². The first kappa shape index (κ1) is 12.0. The van der Waals surface area contributed by atoms with Crippen LogP contribution in [0.1, 0.15) is 0 Å². The van der Waals surface area contributed by atoms with E-state index in [1.807, 2.05) is 30.3 Å². The van der Waals surface area contributed by atoms with E-state index in [0.717, 1.165) is 10.9 Å². The molecule has 0 saturated heterocycles. The number of aromatic nitrogens is 2. The summed E-state index contributed by atoms with van der Waals surface area (Å²) < 4.78 is 0. The number of benzene rings is 1. The highest BCUT2D eigenvalue weighted by Crippen LogP contribution is 2.25. The number of para-hydroxylation sites is 1. The lowest BCUT2D eigenvalue weighted by molar-refractivity contribution is -0.384. The summed E-state index contributed by atoms with van der Waals surface area (Å²) in [6, 6.07) is 12.1. The number of nitro groups is 1. The predicted molar refractivity (Wildman–Crippen MR) is 76.0 cm³/mol. The van der Waals surface area contributed by atoms with Crippen LogP contribution in [-0.2, 0) is 0 Å². The van der Waals surface area contributed by atoms with Gasteiger partial charge in [0.25, 0.3) is 5.69 Å². The average molecular weight is 266 g/mol. The fraction of sp³-hybridized carbons (Fsp3) is 0. The van der Waals surface area contributed by atoms with Gasteiger partial charge in [-0.1, -0.05) is 18.2 Å². The molecule has 2 aromatic heterocycles. The third kappa shape index (κ3) is 2.14. The molecule has 0 fully saturated rings. The summed E-state index contributed by atoms with van der Waals surface area (Å²) in [5.74, 6) is 0.113. The van der Waals surface area contributed by atoms with Gasteiger partial charge in [-0.05, 0) is 12.1 Å². The Bertz CT molecular complexity index is 817. The molecule has 2 N–H and O–H groups in total. The first-order valence-corrected chi connectivity index (χ1v) is 5.90. The molecule has 3 rings (SSSR count). The molecule has 3 aromatic rings. The minimum absolute atomic E-state index is 0.0827. The molecule has 6 heteroatoms. The number of nitrogens with zero attached hydrogens (tertiary/aromatic N) is 3. The number of nitrogens with two attached hydrogens (primary N) is 1. The van der Waals surface area contributed by atoms with Crippen LogP contribution in [0, 0.1) is 10.1 Å². The molecule has 0 amide bonds. The van der Waals surface area contributed by atoms with E-state index < -0.39 is 4.92 Å². The van der Waals surface area contributed by atoms with Crippen molar-refractivity contribution in [1.82, 2.24) is 9.97 Å². The fourth-order valence-corrected chi connectivity index (χ4v) is 2.00. The van der Waals surface area contributed by atoms with E-state index in [-0.39, 0.29) is 11.5 Å². The monoisotopic (exact) mass is 266 g/mol. The van der Waals surface area contributed by atoms with Crippen LogP contribution in [0.5, 0.6) is 0 Å². The first-order valence-electron chi connectivity index (χ1n) is 5.90. The maximum absolute atomic E-state index is 10.9. The minimum Gasteiger partial charge on any atom is -0.383 e. The Balaban J connectivity index is 2.17. The first-order chi connectivity index (χ1) is 9.63. The predicted octanol–water partition coefficient (Wildman–Crippen LogP) is 2.79. The maximum atomic E-state index is 10.9. The molecule has 0 atom stereocenters. The molecule has 0 radical (unpaired) electrons. The molecule has 0 aliphatic heterocycles. The lowest BCUT2D eigenvalue weighted by Crippen LogP contribution is -1.97. The van der Waals surface area contributed by atoms with Gasteiger partial charge in [-0.2, -0.15) is 0 Å². The zero-order valence-electron chi connectivity index (χ0n) is 10.4. The standard InChI is InChI=1S/C14H10N4O2/c15-14-7-11(18(19)20)6-13(17-14)10-5-9-3-1-2-4-12(9)16-8-10/h1-8H,(H2,15,17). The molecule has 20 heavy (non-hydrogen) atoms. The minimum atomic E-state index is -0.490. The lowest BCUT2D eigenvalue weighted by atomic mass is 10.1. The van der Waals surface area contributed by atoms with Gasteiger partial charge < -0.3 is 5.73 Å². The Morgan fingerprint density at radius 3 is 2.75 bits per heavy atom. The van der Waals surface area contributed by atoms with Crippen LogP contribution in [0.25, 0.3) is 22.2 Å². The summed E-state index contributed by atoms with van der Waals surface area (Å²) >= 11 is 0. The van der Waals surface area contributed by atoms with E-state index in [1.54, 1.807) is 6.20 Å². The fourth-order valence-electron chi connectivity index (χ4n) is 2.00. The number of hydrogen-bond donors (Lipinski definition) is 1.